The normalized spacial score (nSPS) is 15.8. The van der Waals surface area contributed by atoms with Crippen LogP contribution < -0.4 is 0 Å². The first-order chi connectivity index (χ1) is 6.00. The van der Waals surface area contributed by atoms with Crippen LogP contribution in [-0.4, -0.2) is 5.67 Å². The number of allylic oxidation sites excluding steroid dienone is 1. The van der Waals surface area contributed by atoms with Gasteiger partial charge in [-0.1, -0.05) is 32.8 Å². The molecule has 0 amide bonds. The molecule has 1 atom stereocenters. The molecule has 1 unspecified atom stereocenters. The molecule has 0 aromatic carbocycles. The van der Waals surface area contributed by atoms with Crippen LogP contribution in [0.5, 0.6) is 0 Å². The van der Waals surface area contributed by atoms with Crippen LogP contribution in [0.15, 0.2) is 12.7 Å². The molecule has 0 spiro atoms. The van der Waals surface area contributed by atoms with Crippen LogP contribution in [0.3, 0.4) is 0 Å². The molecule has 0 nitrogen and oxygen atoms in total. The van der Waals surface area contributed by atoms with Gasteiger partial charge in [0.2, 0.25) is 0 Å². The van der Waals surface area contributed by atoms with E-state index in [1.807, 2.05) is 19.9 Å². The van der Waals surface area contributed by atoms with Crippen molar-refractivity contribution in [3.05, 3.63) is 12.7 Å². The molecule has 0 aromatic heterocycles. The van der Waals surface area contributed by atoms with Gasteiger partial charge in [-0.15, -0.1) is 6.58 Å². The van der Waals surface area contributed by atoms with E-state index in [2.05, 4.69) is 6.58 Å². The van der Waals surface area contributed by atoms with Gasteiger partial charge in [-0.05, 0) is 32.1 Å². The van der Waals surface area contributed by atoms with Crippen molar-refractivity contribution in [2.24, 2.45) is 5.92 Å². The van der Waals surface area contributed by atoms with Gasteiger partial charge in [-0.2, -0.15) is 0 Å². The quantitative estimate of drug-likeness (QED) is 0.405. The maximum absolute atomic E-state index is 13.7. The van der Waals surface area contributed by atoms with Crippen LogP contribution in [0.1, 0.15) is 52.9 Å². The van der Waals surface area contributed by atoms with Gasteiger partial charge in [-0.25, -0.2) is 4.39 Å². The molecule has 0 saturated heterocycles. The van der Waals surface area contributed by atoms with E-state index in [0.29, 0.717) is 6.42 Å². The fraction of sp³-hybridized carbons (Fsp3) is 0.833. The molecule has 13 heavy (non-hydrogen) atoms. The summed E-state index contributed by atoms with van der Waals surface area (Å²) in [6.07, 6.45) is 6.96. The first-order valence-corrected chi connectivity index (χ1v) is 5.30. The van der Waals surface area contributed by atoms with Crippen LogP contribution in [0, 0.1) is 5.92 Å². The molecule has 0 rings (SSSR count). The lowest BCUT2D eigenvalue weighted by Gasteiger charge is -2.24. The van der Waals surface area contributed by atoms with Crippen LogP contribution >= 0.6 is 0 Å². The van der Waals surface area contributed by atoms with E-state index in [1.54, 1.807) is 6.92 Å². The maximum Gasteiger partial charge on any atom is 0.110 e. The Bertz CT molecular complexity index is 136. The van der Waals surface area contributed by atoms with E-state index in [0.717, 1.165) is 25.7 Å². The van der Waals surface area contributed by atoms with Gasteiger partial charge < -0.3 is 0 Å². The van der Waals surface area contributed by atoms with Gasteiger partial charge >= 0.3 is 0 Å². The molecular formula is C12H23F. The zero-order valence-corrected chi connectivity index (χ0v) is 9.28. The number of unbranched alkanes of at least 4 members (excludes halogenated alkanes) is 3. The Labute approximate surface area is 82.2 Å². The molecule has 0 saturated carbocycles. The van der Waals surface area contributed by atoms with Gasteiger partial charge in [-0.3, -0.25) is 0 Å². The van der Waals surface area contributed by atoms with E-state index in [-0.39, 0.29) is 5.92 Å². The highest BCUT2D eigenvalue weighted by molar-refractivity contribution is 4.76. The highest BCUT2D eigenvalue weighted by Crippen LogP contribution is 2.27. The number of rotatable bonds is 7. The molecule has 0 fully saturated rings. The van der Waals surface area contributed by atoms with Gasteiger partial charge in [0.05, 0.1) is 0 Å². The lowest BCUT2D eigenvalue weighted by Crippen LogP contribution is -2.25. The highest BCUT2D eigenvalue weighted by atomic mass is 19.1. The van der Waals surface area contributed by atoms with Crippen molar-refractivity contribution in [2.75, 3.05) is 0 Å². The fourth-order valence-electron chi connectivity index (χ4n) is 1.22. The van der Waals surface area contributed by atoms with Crippen LogP contribution in [0.4, 0.5) is 4.39 Å². The second kappa shape index (κ2) is 6.17. The third-order valence-electron chi connectivity index (χ3n) is 2.78. The molecule has 0 aliphatic heterocycles. The van der Waals surface area contributed by atoms with E-state index in [9.17, 15) is 4.39 Å². The molecule has 0 radical (unpaired) electrons. The van der Waals surface area contributed by atoms with Gasteiger partial charge in [0, 0.05) is 0 Å². The minimum absolute atomic E-state index is 0.131. The first kappa shape index (κ1) is 12.7. The second-order valence-corrected chi connectivity index (χ2v) is 4.32. The van der Waals surface area contributed by atoms with Gasteiger partial charge in [0.25, 0.3) is 0 Å². The fourth-order valence-corrected chi connectivity index (χ4v) is 1.22. The number of hydrogen-bond donors (Lipinski definition) is 0. The minimum Gasteiger partial charge on any atom is -0.244 e. The Morgan fingerprint density at radius 1 is 1.31 bits per heavy atom. The van der Waals surface area contributed by atoms with Crippen LogP contribution in [0.2, 0.25) is 0 Å². The van der Waals surface area contributed by atoms with Crippen LogP contribution in [-0.2, 0) is 0 Å². The van der Waals surface area contributed by atoms with E-state index >= 15 is 0 Å². The van der Waals surface area contributed by atoms with Crippen molar-refractivity contribution in [2.45, 2.75) is 58.5 Å². The van der Waals surface area contributed by atoms with Crippen molar-refractivity contribution in [1.82, 2.24) is 0 Å². The number of hydrogen-bond acceptors (Lipinski definition) is 0. The predicted molar refractivity (Wildman–Crippen MR) is 57.6 cm³/mol. The Kier molecular flexibility index (Phi) is 6.02. The molecule has 0 N–H and O–H groups in total. The van der Waals surface area contributed by atoms with Crippen molar-refractivity contribution in [3.8, 4) is 0 Å². The Morgan fingerprint density at radius 2 is 1.92 bits per heavy atom. The van der Waals surface area contributed by atoms with E-state index in [4.69, 9.17) is 0 Å². The molecule has 0 heterocycles. The summed E-state index contributed by atoms with van der Waals surface area (Å²) in [5, 5.41) is 0. The minimum atomic E-state index is -0.978. The predicted octanol–water partition coefficient (Wildman–Crippen LogP) is 4.51. The first-order valence-electron chi connectivity index (χ1n) is 5.30. The topological polar surface area (TPSA) is 0 Å². The summed E-state index contributed by atoms with van der Waals surface area (Å²) in [4.78, 5) is 0. The average Bonchev–Trinajstić information content (AvgIpc) is 2.03. The summed E-state index contributed by atoms with van der Waals surface area (Å²) in [5.41, 5.74) is -0.978. The third kappa shape index (κ3) is 5.84. The number of alkyl halides is 1. The lowest BCUT2D eigenvalue weighted by atomic mass is 9.89. The Balaban J connectivity index is 3.46. The lowest BCUT2D eigenvalue weighted by molar-refractivity contribution is 0.108. The Hall–Kier alpha value is -0.330. The number of halogens is 1. The highest BCUT2D eigenvalue weighted by Gasteiger charge is 2.26. The largest absolute Gasteiger partial charge is 0.244 e. The summed E-state index contributed by atoms with van der Waals surface area (Å²) in [6, 6.07) is 0. The van der Waals surface area contributed by atoms with Crippen molar-refractivity contribution in [3.63, 3.8) is 0 Å². The van der Waals surface area contributed by atoms with E-state index < -0.39 is 5.67 Å². The summed E-state index contributed by atoms with van der Waals surface area (Å²) in [7, 11) is 0. The third-order valence-corrected chi connectivity index (χ3v) is 2.78. The average molecular weight is 186 g/mol. The Morgan fingerprint density at radius 3 is 2.38 bits per heavy atom. The maximum atomic E-state index is 13.7. The zero-order chi connectivity index (χ0) is 10.3. The summed E-state index contributed by atoms with van der Waals surface area (Å²) >= 11 is 0. The summed E-state index contributed by atoms with van der Waals surface area (Å²) < 4.78 is 13.7. The van der Waals surface area contributed by atoms with E-state index in [1.165, 1.54) is 0 Å². The molecule has 0 aliphatic carbocycles. The molecular weight excluding hydrogens is 163 g/mol. The van der Waals surface area contributed by atoms with Crippen molar-refractivity contribution >= 4 is 0 Å². The van der Waals surface area contributed by atoms with Crippen molar-refractivity contribution < 1.29 is 4.39 Å². The SMILES string of the molecule is C=CCCCCCC(C)(F)C(C)C. The zero-order valence-electron chi connectivity index (χ0n) is 9.28. The monoisotopic (exact) mass is 186 g/mol. The smallest absolute Gasteiger partial charge is 0.110 e. The van der Waals surface area contributed by atoms with Crippen molar-refractivity contribution in [1.29, 1.82) is 0 Å². The standard InChI is InChI=1S/C12H23F/c1-5-6-7-8-9-10-12(4,13)11(2)3/h5,11H,1,6-10H2,2-4H3. The molecule has 78 valence electrons. The molecule has 0 aromatic rings. The van der Waals surface area contributed by atoms with Gasteiger partial charge in [0.1, 0.15) is 5.67 Å². The summed E-state index contributed by atoms with van der Waals surface area (Å²) in [6.45, 7) is 9.27. The molecule has 0 bridgehead atoms. The molecule has 0 aliphatic rings. The second-order valence-electron chi connectivity index (χ2n) is 4.32. The van der Waals surface area contributed by atoms with Crippen LogP contribution in [0.25, 0.3) is 0 Å². The molecule has 1 heteroatoms. The summed E-state index contributed by atoms with van der Waals surface area (Å²) in [5.74, 6) is 0.131. The van der Waals surface area contributed by atoms with Gasteiger partial charge in [0.15, 0.2) is 0 Å².